The third-order valence-electron chi connectivity index (χ3n) is 20.1. The smallest absolute Gasteiger partial charge is 0.314 e. The number of ether oxygens (including phenoxy) is 10. The zero-order valence-electron chi connectivity index (χ0n) is 71.2. The topological polar surface area (TPSA) is 366 Å². The van der Waals surface area contributed by atoms with Crippen molar-refractivity contribution in [1.29, 1.82) is 5.26 Å². The van der Waals surface area contributed by atoms with Crippen LogP contribution in [0.4, 0.5) is 4.79 Å². The van der Waals surface area contributed by atoms with Crippen LogP contribution < -0.4 is 25.8 Å². The van der Waals surface area contributed by atoms with Crippen LogP contribution in [0.25, 0.3) is 0 Å². The normalized spacial score (nSPS) is 15.4. The molecular weight excluding hydrogens is 1800 g/mol. The fraction of sp³-hybridized carbons (Fsp3) is 0.540. The number of sulfonamides is 2. The number of amides is 2. The number of hydrogen-bond acceptors (Lipinski definition) is 25. The highest BCUT2D eigenvalue weighted by Gasteiger charge is 2.32. The average molecular weight is 1920 g/mol. The summed E-state index contributed by atoms with van der Waals surface area (Å²) in [6.45, 7) is 13.2. The summed E-state index contributed by atoms with van der Waals surface area (Å²) in [5.41, 5.74) is 14.1. The number of sulfone groups is 1. The molecule has 0 saturated heterocycles. The molecule has 0 aliphatic carbocycles. The molecule has 0 radical (unpaired) electrons. The van der Waals surface area contributed by atoms with Crippen LogP contribution in [0.2, 0.25) is 30.1 Å². The highest BCUT2D eigenvalue weighted by molar-refractivity contribution is 7.91. The monoisotopic (exact) mass is 1910 g/mol. The summed E-state index contributed by atoms with van der Waals surface area (Å²) in [5, 5.41) is 17.0. The average Bonchev–Trinajstić information content (AvgIpc) is 0.781. The first-order valence-corrected chi connectivity index (χ1v) is 48.6. The van der Waals surface area contributed by atoms with Crippen molar-refractivity contribution in [2.45, 2.75) is 110 Å². The van der Waals surface area contributed by atoms with Crippen LogP contribution in [-0.4, -0.2) is 269 Å². The number of aliphatic imine (C=N–C) groups is 1. The van der Waals surface area contributed by atoms with Gasteiger partial charge in [-0.15, -0.1) is 0 Å². The molecule has 6 N–H and O–H groups in total. The van der Waals surface area contributed by atoms with E-state index in [1.54, 1.807) is 79.1 Å². The molecule has 3 aliphatic rings. The maximum absolute atomic E-state index is 13.3. The molecule has 9 rings (SSSR count). The Bertz CT molecular complexity index is 4570. The second kappa shape index (κ2) is 58.6. The number of fused-ring (bicyclic) bond motifs is 3. The molecule has 3 aliphatic heterocycles. The summed E-state index contributed by atoms with van der Waals surface area (Å²) < 4.78 is 138. The summed E-state index contributed by atoms with van der Waals surface area (Å²) in [7, 11) is -4.95. The number of carbonyl (C=O) groups is 2. The Morgan fingerprint density at radius 1 is 0.440 bits per heavy atom. The van der Waals surface area contributed by atoms with Crippen molar-refractivity contribution in [1.82, 2.24) is 34.8 Å². The van der Waals surface area contributed by atoms with Crippen molar-refractivity contribution in [2.24, 2.45) is 10.7 Å². The minimum atomic E-state index is -3.78. The lowest BCUT2D eigenvalue weighted by Crippen LogP contribution is -2.37. The molecular formula is C87H118Cl6N10O19S3. The predicted molar refractivity (Wildman–Crippen MR) is 485 cm³/mol. The van der Waals surface area contributed by atoms with Gasteiger partial charge in [-0.05, 0) is 183 Å². The van der Waals surface area contributed by atoms with Gasteiger partial charge in [-0.3, -0.25) is 4.79 Å². The lowest BCUT2D eigenvalue weighted by molar-refractivity contribution is -0.119. The number of Topliss-reactive ketones (excluding diaryl/α,β-unsaturated/α-hetero) is 1. The van der Waals surface area contributed by atoms with Crippen LogP contribution >= 0.6 is 69.6 Å². The molecule has 0 aromatic heterocycles. The molecule has 2 amide bonds. The molecule has 0 spiro atoms. The van der Waals surface area contributed by atoms with Gasteiger partial charge in [-0.1, -0.05) is 112 Å². The number of nitrogens with one attached hydrogen (secondary N) is 4. The van der Waals surface area contributed by atoms with Gasteiger partial charge >= 0.3 is 6.03 Å². The van der Waals surface area contributed by atoms with Crippen molar-refractivity contribution >= 4 is 117 Å². The lowest BCUT2D eigenvalue weighted by atomic mass is 9.85. The molecule has 0 unspecified atom stereocenters. The second-order valence-electron chi connectivity index (χ2n) is 29.9. The summed E-state index contributed by atoms with van der Waals surface area (Å²) in [6.07, 6.45) is 8.76. The van der Waals surface area contributed by atoms with Gasteiger partial charge < -0.3 is 78.4 Å². The molecule has 3 atom stereocenters. The maximum Gasteiger partial charge on any atom is 0.314 e. The van der Waals surface area contributed by atoms with E-state index in [-0.39, 0.29) is 82.9 Å². The second-order valence-corrected chi connectivity index (χ2v) is 38.0. The van der Waals surface area contributed by atoms with Gasteiger partial charge in [0.05, 0.1) is 133 Å². The Hall–Kier alpha value is -6.08. The number of halogens is 6. The fourth-order valence-corrected chi connectivity index (χ4v) is 19.2. The van der Waals surface area contributed by atoms with Gasteiger partial charge in [0.25, 0.3) is 6.26 Å². The number of benzene rings is 6. The SMILES string of the molecule is CN1Cc2c(Cl)cc(Cl)cc2[C@H](c2cccc(S(=O)(=O)CCCOCCOCCOCCCC(=O)CCCCCNC(=O)NCCOCCOCCOCCNS(=O)(=O)c3cccc([C@@H]4CN(C)Cc5c(Cl)cc(Cl)cc54)c3)c2)C1.CN1Cc2c(Cl)cc(Cl)cc2[C@H](c2cccc(S(=O)(=O)NCCOCCOCCOCCN)c2)C1.N#COCCCCN=C=O. The number of unbranched alkanes of at least 4 members (excludes halogenated alkanes) is 3. The van der Waals surface area contributed by atoms with Crippen LogP contribution in [0.15, 0.2) is 129 Å². The Labute approximate surface area is 766 Å². The summed E-state index contributed by atoms with van der Waals surface area (Å²) >= 11 is 38.5. The van der Waals surface area contributed by atoms with Gasteiger partial charge in [0.15, 0.2) is 9.84 Å². The van der Waals surface area contributed by atoms with E-state index in [1.807, 2.05) is 57.5 Å². The number of nitrogens with two attached hydrogens (primary N) is 1. The van der Waals surface area contributed by atoms with E-state index in [0.29, 0.717) is 214 Å². The van der Waals surface area contributed by atoms with Crippen molar-refractivity contribution in [3.8, 4) is 6.26 Å². The molecule has 125 heavy (non-hydrogen) atoms. The zero-order valence-corrected chi connectivity index (χ0v) is 78.2. The van der Waals surface area contributed by atoms with Gasteiger partial charge in [0.2, 0.25) is 26.1 Å². The Morgan fingerprint density at radius 2 is 0.816 bits per heavy atom. The van der Waals surface area contributed by atoms with Crippen molar-refractivity contribution in [3.63, 3.8) is 0 Å². The molecule has 6 aromatic rings. The summed E-state index contributed by atoms with van der Waals surface area (Å²) in [5.74, 6) is -0.0285. The Morgan fingerprint density at radius 3 is 1.24 bits per heavy atom. The van der Waals surface area contributed by atoms with Crippen LogP contribution in [0.5, 0.6) is 0 Å². The van der Waals surface area contributed by atoms with Crippen LogP contribution in [-0.2, 0) is 106 Å². The van der Waals surface area contributed by atoms with Crippen LogP contribution in [0, 0.1) is 11.5 Å². The van der Waals surface area contributed by atoms with Gasteiger partial charge in [0, 0.05) is 146 Å². The third kappa shape index (κ3) is 38.9. The largest absolute Gasteiger partial charge is 0.428 e. The van der Waals surface area contributed by atoms with Crippen molar-refractivity contribution < 1.29 is 87.0 Å². The van der Waals surface area contributed by atoms with Crippen LogP contribution in [0.1, 0.15) is 126 Å². The third-order valence-corrected chi connectivity index (χ3v) is 26.5. The molecule has 0 saturated carbocycles. The van der Waals surface area contributed by atoms with E-state index in [1.165, 1.54) is 6.08 Å². The van der Waals surface area contributed by atoms with E-state index in [0.717, 1.165) is 95.3 Å². The van der Waals surface area contributed by atoms with Gasteiger partial charge in [-0.25, -0.2) is 49.3 Å². The molecule has 38 heteroatoms. The number of likely N-dealkylation sites (N-methyl/N-ethyl adjacent to an activating group) is 3. The number of nitrogens with zero attached hydrogens (tertiary/aromatic N) is 5. The number of nitriles is 1. The number of hydrogen-bond donors (Lipinski definition) is 5. The Kier molecular flexibility index (Phi) is 49.6. The zero-order chi connectivity index (χ0) is 90.3. The summed E-state index contributed by atoms with van der Waals surface area (Å²) in [6, 6.07) is 31.8. The van der Waals surface area contributed by atoms with E-state index in [9.17, 15) is 39.6 Å². The maximum atomic E-state index is 13.3. The molecule has 690 valence electrons. The highest BCUT2D eigenvalue weighted by atomic mass is 35.5. The number of urea groups is 1. The van der Waals surface area contributed by atoms with Crippen LogP contribution in [0.3, 0.4) is 0 Å². The molecule has 0 bridgehead atoms. The quantitative estimate of drug-likeness (QED) is 0.0102. The van der Waals surface area contributed by atoms with Crippen molar-refractivity contribution in [2.75, 3.05) is 211 Å². The van der Waals surface area contributed by atoms with E-state index >= 15 is 0 Å². The standard InChI is InChI=1S/C57H77Cl4N5O12S2.C24H33Cl2N3O5S.C6H8N2O2/c1-65-38-51(49-34-44(58)36-55(60)53(49)40-65)42-10-6-14-47(32-42)79(69,70)31-9-20-74-24-28-77-27-23-73-19-8-13-46(67)12-4-3-5-16-62-57(68)63-17-21-75-25-29-78-30-26-76-22-18-64-80(71,72)48-15-7-11-43(33-48)52-39-66(2)41-54-50(52)35-45(59)37-56(54)61;1-29-16-22(21-14-19(25)15-24(26)23(21)17-29)18-3-2-4-20(13-18)35(30,31)28-6-8-33-10-12-34-11-9-32-7-5-27;7-5-10-4-2-1-3-8-6-9/h6-7,10-11,14-15,32-37,51-52,64H,3-5,8-9,12-13,16-31,38-41H2,1-2H3,(H2,62,63,68);2-4,13-15,22,28H,5-12,16-17,27H2,1H3;1-4H2/t51-,52-;22-;/m00./s1. The lowest BCUT2D eigenvalue weighted by Gasteiger charge is -2.33. The van der Waals surface area contributed by atoms with Gasteiger partial charge in [0.1, 0.15) is 12.4 Å². The molecule has 29 nitrogen and oxygen atoms in total. The minimum Gasteiger partial charge on any atom is -0.428 e. The van der Waals surface area contributed by atoms with Crippen molar-refractivity contribution in [3.05, 3.63) is 189 Å². The Balaban J connectivity index is 0.000000389. The van der Waals surface area contributed by atoms with E-state index in [4.69, 9.17) is 123 Å². The van der Waals surface area contributed by atoms with E-state index < -0.39 is 29.9 Å². The number of rotatable bonds is 56. The summed E-state index contributed by atoms with van der Waals surface area (Å²) in [4.78, 5) is 44.4. The highest BCUT2D eigenvalue weighted by Crippen LogP contribution is 2.42. The molecule has 0 fully saturated rings. The number of isocyanates is 1. The van der Waals surface area contributed by atoms with Gasteiger partial charge in [-0.2, -0.15) is 5.26 Å². The first-order valence-electron chi connectivity index (χ1n) is 41.7. The number of carbonyl (C=O) groups excluding carboxylic acids is 3. The predicted octanol–water partition coefficient (Wildman–Crippen LogP) is 12.4. The fourth-order valence-electron chi connectivity index (χ4n) is 14.0. The molecule has 3 heterocycles. The minimum absolute atomic E-state index is 0.0325. The van der Waals surface area contributed by atoms with E-state index in [2.05, 4.69) is 44.5 Å². The number of ketones is 1. The molecule has 6 aromatic carbocycles. The first-order chi connectivity index (χ1) is 60.2. The first kappa shape index (κ1) is 106.